The number of nitrogens with zero attached hydrogens (tertiary/aromatic N) is 3. The van der Waals surface area contributed by atoms with Crippen molar-refractivity contribution < 1.29 is 4.79 Å². The van der Waals surface area contributed by atoms with E-state index in [-0.39, 0.29) is 17.4 Å². The summed E-state index contributed by atoms with van der Waals surface area (Å²) in [5.41, 5.74) is 1.09. The Morgan fingerprint density at radius 2 is 1.79 bits per heavy atom. The number of hydrogen-bond donors (Lipinski definition) is 1. The van der Waals surface area contributed by atoms with Gasteiger partial charge >= 0.3 is 0 Å². The molecule has 0 saturated heterocycles. The smallest absolute Gasteiger partial charge is 0.221 e. The van der Waals surface area contributed by atoms with Gasteiger partial charge in [0.25, 0.3) is 0 Å². The predicted octanol–water partition coefficient (Wildman–Crippen LogP) is 4.47. The van der Waals surface area contributed by atoms with Crippen LogP contribution in [0, 0.1) is 5.41 Å². The van der Waals surface area contributed by atoms with E-state index in [0.717, 1.165) is 30.8 Å². The van der Waals surface area contributed by atoms with Crippen LogP contribution in [-0.4, -0.2) is 20.0 Å². The Bertz CT molecular complexity index is 908. The summed E-state index contributed by atoms with van der Waals surface area (Å²) in [6, 6.07) is 14.0. The number of nitrogens with one attached hydrogen (secondary N) is 1. The lowest BCUT2D eigenvalue weighted by molar-refractivity contribution is -0.124. The van der Waals surface area contributed by atoms with Crippen molar-refractivity contribution in [2.24, 2.45) is 12.5 Å². The number of aromatic nitrogens is 3. The summed E-state index contributed by atoms with van der Waals surface area (Å²) < 4.78 is 4.21. The first-order chi connectivity index (χ1) is 14.2. The molecule has 0 aliphatic heterocycles. The largest absolute Gasteiger partial charge is 0.354 e. The van der Waals surface area contributed by atoms with E-state index in [0.29, 0.717) is 6.42 Å². The Morgan fingerprint density at radius 1 is 1.07 bits per heavy atom. The van der Waals surface area contributed by atoms with E-state index in [9.17, 15) is 4.79 Å². The second-order valence-corrected chi connectivity index (χ2v) is 8.40. The molecule has 1 aliphatic carbocycles. The SMILES string of the molecule is Cn1ccnc1[C@H](NC(=O)CC1(Cn2cccc2)CCCCC1)c1ccccc1. The molecular weight excluding hydrogens is 360 g/mol. The molecule has 1 aromatic carbocycles. The summed E-state index contributed by atoms with van der Waals surface area (Å²) in [6.45, 7) is 0.909. The van der Waals surface area contributed by atoms with Gasteiger partial charge in [0.05, 0.1) is 0 Å². The molecule has 29 heavy (non-hydrogen) atoms. The molecule has 0 bridgehead atoms. The maximum atomic E-state index is 13.3. The molecule has 1 fully saturated rings. The number of rotatable bonds is 7. The van der Waals surface area contributed by atoms with Gasteiger partial charge in [0.2, 0.25) is 5.91 Å². The summed E-state index contributed by atoms with van der Waals surface area (Å²) in [5.74, 6) is 0.962. The molecule has 0 unspecified atom stereocenters. The fourth-order valence-electron chi connectivity index (χ4n) is 4.71. The van der Waals surface area contributed by atoms with Crippen molar-refractivity contribution in [1.82, 2.24) is 19.4 Å². The lowest BCUT2D eigenvalue weighted by Gasteiger charge is -2.37. The topological polar surface area (TPSA) is 51.9 Å². The number of carbonyl (C=O) groups excluding carboxylic acids is 1. The highest BCUT2D eigenvalue weighted by atomic mass is 16.1. The van der Waals surface area contributed by atoms with Crippen molar-refractivity contribution in [3.8, 4) is 0 Å². The minimum absolute atomic E-state index is 0.0320. The molecular formula is C24H30N4O. The zero-order valence-electron chi connectivity index (χ0n) is 17.1. The number of aryl methyl sites for hydroxylation is 1. The number of imidazole rings is 1. The van der Waals surface area contributed by atoms with E-state index in [2.05, 4.69) is 51.5 Å². The van der Waals surface area contributed by atoms with E-state index in [4.69, 9.17) is 0 Å². The van der Waals surface area contributed by atoms with Crippen molar-refractivity contribution in [3.05, 3.63) is 78.6 Å². The molecule has 152 valence electrons. The third-order valence-corrected chi connectivity index (χ3v) is 6.19. The average Bonchev–Trinajstić information content (AvgIpc) is 3.39. The summed E-state index contributed by atoms with van der Waals surface area (Å²) in [6.07, 6.45) is 14.4. The molecule has 5 nitrogen and oxygen atoms in total. The first-order valence-electron chi connectivity index (χ1n) is 10.6. The Kier molecular flexibility index (Phi) is 5.84. The molecule has 1 amide bonds. The van der Waals surface area contributed by atoms with E-state index in [1.54, 1.807) is 6.20 Å². The van der Waals surface area contributed by atoms with Crippen LogP contribution in [0.25, 0.3) is 0 Å². The zero-order chi connectivity index (χ0) is 20.1. The molecule has 1 saturated carbocycles. The molecule has 0 spiro atoms. The quantitative estimate of drug-likeness (QED) is 0.647. The van der Waals surface area contributed by atoms with Gasteiger partial charge in [-0.1, -0.05) is 49.6 Å². The molecule has 2 aromatic heterocycles. The lowest BCUT2D eigenvalue weighted by atomic mass is 9.71. The summed E-state index contributed by atoms with van der Waals surface area (Å²) in [4.78, 5) is 17.8. The highest BCUT2D eigenvalue weighted by Crippen LogP contribution is 2.41. The number of benzene rings is 1. The van der Waals surface area contributed by atoms with Gasteiger partial charge in [0.1, 0.15) is 11.9 Å². The van der Waals surface area contributed by atoms with Gasteiger partial charge in [-0.05, 0) is 36.0 Å². The molecule has 0 radical (unpaired) electrons. The highest BCUT2D eigenvalue weighted by molar-refractivity contribution is 5.77. The van der Waals surface area contributed by atoms with Gasteiger partial charge in [0.15, 0.2) is 0 Å². The zero-order valence-corrected chi connectivity index (χ0v) is 17.1. The van der Waals surface area contributed by atoms with Crippen LogP contribution < -0.4 is 5.32 Å². The van der Waals surface area contributed by atoms with Crippen LogP contribution in [0.1, 0.15) is 56.0 Å². The van der Waals surface area contributed by atoms with Gasteiger partial charge in [-0.3, -0.25) is 4.79 Å². The Hall–Kier alpha value is -2.82. The Labute approximate surface area is 172 Å². The standard InChI is InChI=1S/C24H30N4O/c1-27-17-14-25-23(27)22(20-10-4-2-5-11-20)26-21(29)18-24(12-6-3-7-13-24)19-28-15-8-9-16-28/h2,4-5,8-11,14-17,22H,3,6-7,12-13,18-19H2,1H3,(H,26,29)/t22-/m1/s1. The molecule has 3 aromatic rings. The number of carbonyl (C=O) groups is 1. The van der Waals surface area contributed by atoms with Crippen molar-refractivity contribution >= 4 is 5.91 Å². The fraction of sp³-hybridized carbons (Fsp3) is 0.417. The fourth-order valence-corrected chi connectivity index (χ4v) is 4.71. The molecule has 5 heteroatoms. The van der Waals surface area contributed by atoms with Crippen LogP contribution in [0.2, 0.25) is 0 Å². The van der Waals surface area contributed by atoms with Crippen LogP contribution in [-0.2, 0) is 18.4 Å². The summed E-state index contributed by atoms with van der Waals surface area (Å²) in [7, 11) is 1.97. The molecule has 1 N–H and O–H groups in total. The van der Waals surface area contributed by atoms with Crippen LogP contribution in [0.15, 0.2) is 67.3 Å². The van der Waals surface area contributed by atoms with Crippen molar-refractivity contribution in [1.29, 1.82) is 0 Å². The normalized spacial score (nSPS) is 17.0. The van der Waals surface area contributed by atoms with Gasteiger partial charge in [-0.25, -0.2) is 4.98 Å². The van der Waals surface area contributed by atoms with Gasteiger partial charge in [-0.2, -0.15) is 0 Å². The first-order valence-corrected chi connectivity index (χ1v) is 10.6. The lowest BCUT2D eigenvalue weighted by Crippen LogP contribution is -2.38. The number of hydrogen-bond acceptors (Lipinski definition) is 2. The minimum atomic E-state index is -0.240. The second kappa shape index (κ2) is 8.68. The summed E-state index contributed by atoms with van der Waals surface area (Å²) >= 11 is 0. The third-order valence-electron chi connectivity index (χ3n) is 6.19. The molecule has 2 heterocycles. The third kappa shape index (κ3) is 4.61. The van der Waals surface area contributed by atoms with Crippen LogP contribution >= 0.6 is 0 Å². The van der Waals surface area contributed by atoms with E-state index in [1.807, 2.05) is 36.0 Å². The summed E-state index contributed by atoms with van der Waals surface area (Å²) in [5, 5.41) is 3.30. The minimum Gasteiger partial charge on any atom is -0.354 e. The second-order valence-electron chi connectivity index (χ2n) is 8.40. The highest BCUT2D eigenvalue weighted by Gasteiger charge is 2.35. The molecule has 4 rings (SSSR count). The van der Waals surface area contributed by atoms with Crippen molar-refractivity contribution in [3.63, 3.8) is 0 Å². The van der Waals surface area contributed by atoms with Gasteiger partial charge < -0.3 is 14.5 Å². The first kappa shape index (κ1) is 19.5. The monoisotopic (exact) mass is 390 g/mol. The molecule has 1 aliphatic rings. The van der Waals surface area contributed by atoms with E-state index in [1.165, 1.54) is 19.3 Å². The van der Waals surface area contributed by atoms with E-state index >= 15 is 0 Å². The Morgan fingerprint density at radius 3 is 2.45 bits per heavy atom. The van der Waals surface area contributed by atoms with E-state index < -0.39 is 0 Å². The van der Waals surface area contributed by atoms with Crippen molar-refractivity contribution in [2.45, 2.75) is 51.1 Å². The maximum Gasteiger partial charge on any atom is 0.221 e. The van der Waals surface area contributed by atoms with Gasteiger partial charge in [0, 0.05) is 44.8 Å². The van der Waals surface area contributed by atoms with Crippen LogP contribution in [0.4, 0.5) is 0 Å². The Balaban J connectivity index is 1.54. The van der Waals surface area contributed by atoms with Crippen molar-refractivity contribution in [2.75, 3.05) is 0 Å². The predicted molar refractivity (Wildman–Crippen MR) is 114 cm³/mol. The van der Waals surface area contributed by atoms with Crippen LogP contribution in [0.5, 0.6) is 0 Å². The molecule has 1 atom stereocenters. The maximum absolute atomic E-state index is 13.3. The number of amides is 1. The van der Waals surface area contributed by atoms with Crippen LogP contribution in [0.3, 0.4) is 0 Å². The average molecular weight is 391 g/mol. The van der Waals surface area contributed by atoms with Gasteiger partial charge in [-0.15, -0.1) is 0 Å².